The summed E-state index contributed by atoms with van der Waals surface area (Å²) in [7, 11) is 4.76. The summed E-state index contributed by atoms with van der Waals surface area (Å²) in [6, 6.07) is 3.78. The van der Waals surface area contributed by atoms with E-state index in [1.54, 1.807) is 21.3 Å². The highest BCUT2D eigenvalue weighted by Gasteiger charge is 2.15. The molecule has 1 unspecified atom stereocenters. The third-order valence-electron chi connectivity index (χ3n) is 2.70. The number of rotatable bonds is 7. The molecule has 5 heteroatoms. The molecule has 0 heterocycles. The maximum absolute atomic E-state index is 8.98. The number of hydrogen-bond donors (Lipinski definition) is 2. The summed E-state index contributed by atoms with van der Waals surface area (Å²) >= 11 is 0. The van der Waals surface area contributed by atoms with Gasteiger partial charge in [-0.05, 0) is 13.0 Å². The zero-order valence-electron chi connectivity index (χ0n) is 11.3. The lowest BCUT2D eigenvalue weighted by atomic mass is 10.1. The van der Waals surface area contributed by atoms with Gasteiger partial charge in [0.05, 0.1) is 27.9 Å². The molecule has 1 atom stereocenters. The van der Waals surface area contributed by atoms with E-state index in [1.807, 2.05) is 19.1 Å². The molecule has 0 aliphatic heterocycles. The smallest absolute Gasteiger partial charge is 0.203 e. The topological polar surface area (TPSA) is 60.0 Å². The molecule has 0 aliphatic carbocycles. The second-order valence-corrected chi connectivity index (χ2v) is 3.96. The van der Waals surface area contributed by atoms with Crippen LogP contribution in [0.15, 0.2) is 12.1 Å². The van der Waals surface area contributed by atoms with Gasteiger partial charge in [0.25, 0.3) is 0 Å². The second kappa shape index (κ2) is 7.08. The van der Waals surface area contributed by atoms with E-state index in [4.69, 9.17) is 19.3 Å². The first kappa shape index (κ1) is 14.6. The molecule has 18 heavy (non-hydrogen) atoms. The van der Waals surface area contributed by atoms with Crippen molar-refractivity contribution in [3.8, 4) is 17.2 Å². The number of benzene rings is 1. The molecule has 0 saturated carbocycles. The SMILES string of the molecule is COc1ccc(CNC(C)CO)c(OC)c1OC. The lowest BCUT2D eigenvalue weighted by molar-refractivity contribution is 0.250. The van der Waals surface area contributed by atoms with Gasteiger partial charge < -0.3 is 24.6 Å². The van der Waals surface area contributed by atoms with Crippen LogP contribution in [0.4, 0.5) is 0 Å². The van der Waals surface area contributed by atoms with Crippen LogP contribution in [0.2, 0.25) is 0 Å². The number of aliphatic hydroxyl groups excluding tert-OH is 1. The van der Waals surface area contributed by atoms with E-state index >= 15 is 0 Å². The van der Waals surface area contributed by atoms with Crippen molar-refractivity contribution in [2.75, 3.05) is 27.9 Å². The molecule has 0 aromatic heterocycles. The molecule has 1 aromatic carbocycles. The van der Waals surface area contributed by atoms with Crippen molar-refractivity contribution in [1.82, 2.24) is 5.32 Å². The number of nitrogens with one attached hydrogen (secondary N) is 1. The average molecular weight is 255 g/mol. The van der Waals surface area contributed by atoms with Crippen LogP contribution < -0.4 is 19.5 Å². The molecule has 0 fully saturated rings. The molecule has 0 spiro atoms. The summed E-state index contributed by atoms with van der Waals surface area (Å²) in [6.45, 7) is 2.59. The van der Waals surface area contributed by atoms with E-state index in [2.05, 4.69) is 5.32 Å². The third-order valence-corrected chi connectivity index (χ3v) is 2.70. The van der Waals surface area contributed by atoms with Gasteiger partial charge in [-0.2, -0.15) is 0 Å². The van der Waals surface area contributed by atoms with Crippen LogP contribution in [0.25, 0.3) is 0 Å². The van der Waals surface area contributed by atoms with Crippen LogP contribution in [0, 0.1) is 0 Å². The standard InChI is InChI=1S/C13H21NO4/c1-9(8-15)14-7-10-5-6-11(16-2)13(18-4)12(10)17-3/h5-6,9,14-15H,7-8H2,1-4H3. The molecule has 0 radical (unpaired) electrons. The largest absolute Gasteiger partial charge is 0.493 e. The van der Waals surface area contributed by atoms with E-state index in [0.717, 1.165) is 5.56 Å². The van der Waals surface area contributed by atoms with Gasteiger partial charge in [-0.1, -0.05) is 6.07 Å². The first-order valence-corrected chi connectivity index (χ1v) is 5.80. The fourth-order valence-corrected chi connectivity index (χ4v) is 1.65. The lowest BCUT2D eigenvalue weighted by Crippen LogP contribution is -2.28. The van der Waals surface area contributed by atoms with Crippen molar-refractivity contribution in [1.29, 1.82) is 0 Å². The Morgan fingerprint density at radius 3 is 2.28 bits per heavy atom. The normalized spacial score (nSPS) is 12.1. The first-order valence-electron chi connectivity index (χ1n) is 5.80. The van der Waals surface area contributed by atoms with Crippen LogP contribution in [-0.2, 0) is 6.54 Å². The van der Waals surface area contributed by atoms with Gasteiger partial charge in [0, 0.05) is 18.2 Å². The van der Waals surface area contributed by atoms with E-state index in [9.17, 15) is 0 Å². The Balaban J connectivity index is 2.97. The molecular formula is C13H21NO4. The minimum atomic E-state index is 0.0304. The quantitative estimate of drug-likeness (QED) is 0.766. The van der Waals surface area contributed by atoms with Crippen LogP contribution in [0.5, 0.6) is 17.2 Å². The average Bonchev–Trinajstić information content (AvgIpc) is 2.43. The zero-order valence-corrected chi connectivity index (χ0v) is 11.3. The Morgan fingerprint density at radius 1 is 1.11 bits per heavy atom. The zero-order chi connectivity index (χ0) is 13.5. The molecule has 0 amide bonds. The van der Waals surface area contributed by atoms with Gasteiger partial charge in [0.1, 0.15) is 0 Å². The molecule has 1 aromatic rings. The maximum Gasteiger partial charge on any atom is 0.203 e. The molecular weight excluding hydrogens is 234 g/mol. The van der Waals surface area contributed by atoms with E-state index in [0.29, 0.717) is 23.8 Å². The molecule has 1 rings (SSSR count). The monoisotopic (exact) mass is 255 g/mol. The van der Waals surface area contributed by atoms with Crippen LogP contribution in [0.1, 0.15) is 12.5 Å². The summed E-state index contributed by atoms with van der Waals surface area (Å²) in [5, 5.41) is 12.2. The second-order valence-electron chi connectivity index (χ2n) is 3.96. The summed E-state index contributed by atoms with van der Waals surface area (Å²) in [5.74, 6) is 1.86. The lowest BCUT2D eigenvalue weighted by Gasteiger charge is -2.17. The van der Waals surface area contributed by atoms with E-state index < -0.39 is 0 Å². The molecule has 5 nitrogen and oxygen atoms in total. The summed E-state index contributed by atoms with van der Waals surface area (Å²) in [6.07, 6.45) is 0. The summed E-state index contributed by atoms with van der Waals surface area (Å²) in [4.78, 5) is 0. The number of methoxy groups -OCH3 is 3. The minimum Gasteiger partial charge on any atom is -0.493 e. The van der Waals surface area contributed by atoms with E-state index in [-0.39, 0.29) is 12.6 Å². The molecule has 0 aliphatic rings. The van der Waals surface area contributed by atoms with Gasteiger partial charge in [-0.15, -0.1) is 0 Å². The molecule has 2 N–H and O–H groups in total. The Bertz CT molecular complexity index is 381. The Morgan fingerprint density at radius 2 is 1.78 bits per heavy atom. The highest BCUT2D eigenvalue weighted by atomic mass is 16.5. The fraction of sp³-hybridized carbons (Fsp3) is 0.538. The molecule has 102 valence electrons. The van der Waals surface area contributed by atoms with Crippen LogP contribution >= 0.6 is 0 Å². The maximum atomic E-state index is 8.98. The van der Waals surface area contributed by atoms with Crippen molar-refractivity contribution in [2.45, 2.75) is 19.5 Å². The van der Waals surface area contributed by atoms with Gasteiger partial charge in [0.2, 0.25) is 5.75 Å². The minimum absolute atomic E-state index is 0.0304. The van der Waals surface area contributed by atoms with Gasteiger partial charge in [-0.3, -0.25) is 0 Å². The van der Waals surface area contributed by atoms with Gasteiger partial charge >= 0.3 is 0 Å². The van der Waals surface area contributed by atoms with Gasteiger partial charge in [-0.25, -0.2) is 0 Å². The number of ether oxygens (including phenoxy) is 3. The Labute approximate surface area is 108 Å². The van der Waals surface area contributed by atoms with Crippen molar-refractivity contribution >= 4 is 0 Å². The van der Waals surface area contributed by atoms with Crippen molar-refractivity contribution in [3.63, 3.8) is 0 Å². The van der Waals surface area contributed by atoms with Crippen LogP contribution in [0.3, 0.4) is 0 Å². The van der Waals surface area contributed by atoms with Crippen LogP contribution in [-0.4, -0.2) is 39.1 Å². The van der Waals surface area contributed by atoms with Crippen molar-refractivity contribution in [2.24, 2.45) is 0 Å². The van der Waals surface area contributed by atoms with Crippen molar-refractivity contribution in [3.05, 3.63) is 17.7 Å². The molecule has 0 bridgehead atoms. The first-order chi connectivity index (χ1) is 8.67. The van der Waals surface area contributed by atoms with E-state index in [1.165, 1.54) is 0 Å². The highest BCUT2D eigenvalue weighted by Crippen LogP contribution is 2.39. The van der Waals surface area contributed by atoms with Crippen molar-refractivity contribution < 1.29 is 19.3 Å². The molecule has 0 saturated heterocycles. The third kappa shape index (κ3) is 3.27. The summed E-state index contributed by atoms with van der Waals surface area (Å²) in [5.41, 5.74) is 0.954. The number of aliphatic hydroxyl groups is 1. The Kier molecular flexibility index (Phi) is 5.74. The Hall–Kier alpha value is -1.46. The fourth-order valence-electron chi connectivity index (χ4n) is 1.65. The van der Waals surface area contributed by atoms with Gasteiger partial charge in [0.15, 0.2) is 11.5 Å². The highest BCUT2D eigenvalue weighted by molar-refractivity contribution is 5.55. The number of hydrogen-bond acceptors (Lipinski definition) is 5. The predicted molar refractivity (Wildman–Crippen MR) is 69.5 cm³/mol. The summed E-state index contributed by atoms with van der Waals surface area (Å²) < 4.78 is 15.9. The predicted octanol–water partition coefficient (Wildman–Crippen LogP) is 1.18.